The van der Waals surface area contributed by atoms with Crippen LogP contribution in [0, 0.1) is 5.92 Å². The van der Waals surface area contributed by atoms with Gasteiger partial charge in [0, 0.05) is 19.0 Å². The summed E-state index contributed by atoms with van der Waals surface area (Å²) in [6.45, 7) is 3.86. The first-order valence-corrected chi connectivity index (χ1v) is 8.95. The van der Waals surface area contributed by atoms with E-state index >= 15 is 0 Å². The summed E-state index contributed by atoms with van der Waals surface area (Å²) in [4.78, 5) is 14.7. The van der Waals surface area contributed by atoms with E-state index in [4.69, 9.17) is 0 Å². The SMILES string of the molecule is CCCn1ncc(NC(=O)N2CCC[C@@H]3C[C@@]32CO)c1C1CC1. The molecule has 3 aliphatic rings. The lowest BCUT2D eigenvalue weighted by Crippen LogP contribution is -2.50. The Kier molecular flexibility index (Phi) is 3.59. The largest absolute Gasteiger partial charge is 0.394 e. The molecule has 0 unspecified atom stereocenters. The molecule has 2 N–H and O–H groups in total. The molecule has 23 heavy (non-hydrogen) atoms. The summed E-state index contributed by atoms with van der Waals surface area (Å²) < 4.78 is 2.05. The lowest BCUT2D eigenvalue weighted by molar-refractivity contribution is 0.0996. The predicted molar refractivity (Wildman–Crippen MR) is 87.4 cm³/mol. The molecule has 6 heteroatoms. The highest BCUT2D eigenvalue weighted by Crippen LogP contribution is 2.54. The number of rotatable bonds is 5. The van der Waals surface area contributed by atoms with Crippen molar-refractivity contribution in [3.05, 3.63) is 11.9 Å². The standard InChI is InChI=1S/C17H26N4O2/c1-2-7-21-15(12-5-6-12)14(10-18-21)19-16(23)20-8-3-4-13-9-17(13,20)11-22/h10,12-13,22H,2-9,11H2,1H3,(H,19,23)/t13-,17-/m1/s1. The smallest absolute Gasteiger partial charge is 0.322 e. The van der Waals surface area contributed by atoms with Crippen LogP contribution < -0.4 is 5.32 Å². The molecular weight excluding hydrogens is 292 g/mol. The fourth-order valence-corrected chi connectivity index (χ4v) is 4.22. The van der Waals surface area contributed by atoms with Gasteiger partial charge in [-0.2, -0.15) is 5.10 Å². The molecule has 1 aliphatic heterocycles. The molecule has 1 aromatic heterocycles. The Hall–Kier alpha value is -1.56. The summed E-state index contributed by atoms with van der Waals surface area (Å²) >= 11 is 0. The Morgan fingerprint density at radius 3 is 3.00 bits per heavy atom. The fourth-order valence-electron chi connectivity index (χ4n) is 4.22. The summed E-state index contributed by atoms with van der Waals surface area (Å²) in [5.41, 5.74) is 1.76. The number of aliphatic hydroxyl groups excluding tert-OH is 1. The Bertz CT molecular complexity index is 610. The van der Waals surface area contributed by atoms with Crippen LogP contribution in [0.4, 0.5) is 10.5 Å². The maximum absolute atomic E-state index is 12.8. The third-order valence-electron chi connectivity index (χ3n) is 5.71. The van der Waals surface area contributed by atoms with E-state index in [0.29, 0.717) is 11.8 Å². The zero-order chi connectivity index (χ0) is 16.0. The average Bonchev–Trinajstić information content (AvgIpc) is 3.46. The molecule has 0 radical (unpaired) electrons. The van der Waals surface area contributed by atoms with Crippen molar-refractivity contribution in [3.63, 3.8) is 0 Å². The molecule has 1 saturated heterocycles. The minimum Gasteiger partial charge on any atom is -0.394 e. The molecule has 4 rings (SSSR count). The molecule has 2 amide bonds. The van der Waals surface area contributed by atoms with Crippen molar-refractivity contribution in [2.45, 2.75) is 63.5 Å². The first-order chi connectivity index (χ1) is 11.2. The highest BCUT2D eigenvalue weighted by molar-refractivity contribution is 5.91. The third-order valence-corrected chi connectivity index (χ3v) is 5.71. The van der Waals surface area contributed by atoms with Gasteiger partial charge in [0.2, 0.25) is 0 Å². The quantitative estimate of drug-likeness (QED) is 0.876. The highest BCUT2D eigenvalue weighted by atomic mass is 16.3. The van der Waals surface area contributed by atoms with Gasteiger partial charge < -0.3 is 15.3 Å². The summed E-state index contributed by atoms with van der Waals surface area (Å²) in [6.07, 6.45) is 8.31. The number of hydrogen-bond acceptors (Lipinski definition) is 3. The Morgan fingerprint density at radius 2 is 2.30 bits per heavy atom. The van der Waals surface area contributed by atoms with Crippen molar-refractivity contribution in [3.8, 4) is 0 Å². The Morgan fingerprint density at radius 1 is 1.48 bits per heavy atom. The van der Waals surface area contributed by atoms with E-state index in [1.165, 1.54) is 18.5 Å². The number of aromatic nitrogens is 2. The second kappa shape index (κ2) is 5.51. The van der Waals surface area contributed by atoms with Crippen LogP contribution in [0.15, 0.2) is 6.20 Å². The van der Waals surface area contributed by atoms with Gasteiger partial charge >= 0.3 is 6.03 Å². The zero-order valence-corrected chi connectivity index (χ0v) is 13.8. The van der Waals surface area contributed by atoms with Crippen molar-refractivity contribution in [1.82, 2.24) is 14.7 Å². The highest BCUT2D eigenvalue weighted by Gasteiger charge is 2.60. The maximum Gasteiger partial charge on any atom is 0.322 e. The third kappa shape index (κ3) is 2.43. The minimum absolute atomic E-state index is 0.0702. The molecule has 0 bridgehead atoms. The van der Waals surface area contributed by atoms with E-state index in [0.717, 1.165) is 44.5 Å². The van der Waals surface area contributed by atoms with Crippen molar-refractivity contribution in [2.24, 2.45) is 5.92 Å². The van der Waals surface area contributed by atoms with Gasteiger partial charge in [0.05, 0.1) is 29.7 Å². The summed E-state index contributed by atoms with van der Waals surface area (Å²) in [5.74, 6) is 1.03. The Labute approximate surface area is 136 Å². The lowest BCUT2D eigenvalue weighted by atomic mass is 10.0. The fraction of sp³-hybridized carbons (Fsp3) is 0.765. The van der Waals surface area contributed by atoms with Gasteiger partial charge in [0.15, 0.2) is 0 Å². The summed E-state index contributed by atoms with van der Waals surface area (Å²) in [5, 5.41) is 17.3. The van der Waals surface area contributed by atoms with Gasteiger partial charge in [-0.15, -0.1) is 0 Å². The number of fused-ring (bicyclic) bond motifs is 1. The molecule has 2 heterocycles. The van der Waals surface area contributed by atoms with E-state index in [9.17, 15) is 9.90 Å². The predicted octanol–water partition coefficient (Wildman–Crippen LogP) is 2.55. The number of carbonyl (C=O) groups excluding carboxylic acids is 1. The van der Waals surface area contributed by atoms with Crippen LogP contribution in [-0.4, -0.2) is 44.5 Å². The van der Waals surface area contributed by atoms with Crippen LogP contribution >= 0.6 is 0 Å². The van der Waals surface area contributed by atoms with Crippen LogP contribution in [0.1, 0.15) is 57.1 Å². The van der Waals surface area contributed by atoms with Crippen molar-refractivity contribution in [1.29, 1.82) is 0 Å². The van der Waals surface area contributed by atoms with Gasteiger partial charge in [-0.25, -0.2) is 4.79 Å². The monoisotopic (exact) mass is 318 g/mol. The molecule has 3 fully saturated rings. The zero-order valence-electron chi connectivity index (χ0n) is 13.8. The summed E-state index contributed by atoms with van der Waals surface area (Å²) in [6, 6.07) is -0.0702. The normalized spacial score (nSPS) is 29.3. The van der Waals surface area contributed by atoms with Crippen molar-refractivity contribution in [2.75, 3.05) is 18.5 Å². The molecule has 6 nitrogen and oxygen atoms in total. The first kappa shape index (κ1) is 15.0. The molecule has 0 spiro atoms. The Balaban J connectivity index is 1.53. The van der Waals surface area contributed by atoms with E-state index in [2.05, 4.69) is 17.3 Å². The van der Waals surface area contributed by atoms with Gasteiger partial charge in [0.25, 0.3) is 0 Å². The number of aryl methyl sites for hydroxylation is 1. The number of likely N-dealkylation sites (tertiary alicyclic amines) is 1. The number of nitrogens with zero attached hydrogens (tertiary/aromatic N) is 3. The second-order valence-electron chi connectivity index (χ2n) is 7.33. The van der Waals surface area contributed by atoms with Crippen molar-refractivity contribution < 1.29 is 9.90 Å². The number of anilines is 1. The number of carbonyl (C=O) groups is 1. The van der Waals surface area contributed by atoms with E-state index in [-0.39, 0.29) is 18.2 Å². The first-order valence-electron chi connectivity index (χ1n) is 8.95. The number of nitrogens with one attached hydrogen (secondary N) is 1. The topological polar surface area (TPSA) is 70.4 Å². The van der Waals surface area contributed by atoms with E-state index in [1.54, 1.807) is 6.20 Å². The molecule has 1 aromatic rings. The van der Waals surface area contributed by atoms with Crippen LogP contribution in [0.3, 0.4) is 0 Å². The number of hydrogen-bond donors (Lipinski definition) is 2. The van der Waals surface area contributed by atoms with Gasteiger partial charge in [0.1, 0.15) is 0 Å². The molecular formula is C17H26N4O2. The van der Waals surface area contributed by atoms with Crippen LogP contribution in [0.25, 0.3) is 0 Å². The number of aliphatic hydroxyl groups is 1. The second-order valence-corrected chi connectivity index (χ2v) is 7.33. The van der Waals surface area contributed by atoms with Crippen LogP contribution in [0.5, 0.6) is 0 Å². The van der Waals surface area contributed by atoms with Crippen LogP contribution in [-0.2, 0) is 6.54 Å². The minimum atomic E-state index is -0.290. The van der Waals surface area contributed by atoms with Gasteiger partial charge in [-0.1, -0.05) is 6.92 Å². The molecule has 2 saturated carbocycles. The lowest BCUT2D eigenvalue weighted by Gasteiger charge is -2.35. The number of amides is 2. The maximum atomic E-state index is 12.8. The molecule has 126 valence electrons. The van der Waals surface area contributed by atoms with Gasteiger partial charge in [-0.05, 0) is 44.4 Å². The number of urea groups is 1. The number of piperidine rings is 1. The molecule has 2 atom stereocenters. The summed E-state index contributed by atoms with van der Waals surface area (Å²) in [7, 11) is 0. The van der Waals surface area contributed by atoms with E-state index < -0.39 is 0 Å². The van der Waals surface area contributed by atoms with Gasteiger partial charge in [-0.3, -0.25) is 4.68 Å². The van der Waals surface area contributed by atoms with Crippen molar-refractivity contribution >= 4 is 11.7 Å². The average molecular weight is 318 g/mol. The van der Waals surface area contributed by atoms with Crippen LogP contribution in [0.2, 0.25) is 0 Å². The molecule has 2 aliphatic carbocycles. The molecule has 0 aromatic carbocycles. The van der Waals surface area contributed by atoms with E-state index in [1.807, 2.05) is 9.58 Å².